The predicted octanol–water partition coefficient (Wildman–Crippen LogP) is 3.01. The molecule has 0 saturated heterocycles. The SMILES string of the molecule is CCCC(CC)(CN)N(CC(C)C)C1CC1. The van der Waals surface area contributed by atoms with Gasteiger partial charge in [0.15, 0.2) is 0 Å². The van der Waals surface area contributed by atoms with Gasteiger partial charge in [-0.15, -0.1) is 0 Å². The van der Waals surface area contributed by atoms with Gasteiger partial charge in [-0.3, -0.25) is 4.90 Å². The van der Waals surface area contributed by atoms with E-state index in [9.17, 15) is 0 Å². The normalized spacial score (nSPS) is 20.4. The van der Waals surface area contributed by atoms with Crippen LogP contribution in [0.15, 0.2) is 0 Å². The van der Waals surface area contributed by atoms with Gasteiger partial charge in [-0.1, -0.05) is 34.1 Å². The average molecular weight is 226 g/mol. The van der Waals surface area contributed by atoms with Gasteiger partial charge in [0.2, 0.25) is 0 Å². The Labute approximate surface area is 102 Å². The topological polar surface area (TPSA) is 29.3 Å². The van der Waals surface area contributed by atoms with Crippen molar-refractivity contribution < 1.29 is 0 Å². The van der Waals surface area contributed by atoms with Crippen molar-refractivity contribution in [1.29, 1.82) is 0 Å². The summed E-state index contributed by atoms with van der Waals surface area (Å²) >= 11 is 0. The summed E-state index contributed by atoms with van der Waals surface area (Å²) in [4.78, 5) is 2.74. The van der Waals surface area contributed by atoms with E-state index in [0.29, 0.717) is 0 Å². The van der Waals surface area contributed by atoms with Gasteiger partial charge >= 0.3 is 0 Å². The maximum atomic E-state index is 6.10. The number of hydrogen-bond acceptors (Lipinski definition) is 2. The van der Waals surface area contributed by atoms with Crippen molar-refractivity contribution in [3.8, 4) is 0 Å². The minimum Gasteiger partial charge on any atom is -0.329 e. The van der Waals surface area contributed by atoms with Crippen LogP contribution in [0.1, 0.15) is 59.8 Å². The van der Waals surface area contributed by atoms with Crippen LogP contribution in [0.2, 0.25) is 0 Å². The van der Waals surface area contributed by atoms with Crippen LogP contribution in [0.3, 0.4) is 0 Å². The lowest BCUT2D eigenvalue weighted by Crippen LogP contribution is -2.55. The molecule has 0 amide bonds. The summed E-state index contributed by atoms with van der Waals surface area (Å²) < 4.78 is 0. The summed E-state index contributed by atoms with van der Waals surface area (Å²) in [6.07, 6.45) is 6.46. The van der Waals surface area contributed by atoms with Crippen LogP contribution in [0.4, 0.5) is 0 Å². The lowest BCUT2D eigenvalue weighted by Gasteiger charge is -2.44. The largest absolute Gasteiger partial charge is 0.329 e. The molecule has 0 bridgehead atoms. The average Bonchev–Trinajstić information content (AvgIpc) is 3.07. The molecule has 0 aliphatic heterocycles. The highest BCUT2D eigenvalue weighted by molar-refractivity contribution is 4.98. The summed E-state index contributed by atoms with van der Waals surface area (Å²) in [5.41, 5.74) is 6.38. The molecule has 0 radical (unpaired) electrons. The van der Waals surface area contributed by atoms with Gasteiger partial charge in [-0.2, -0.15) is 0 Å². The minimum absolute atomic E-state index is 0.278. The number of hydrogen-bond donors (Lipinski definition) is 1. The van der Waals surface area contributed by atoms with E-state index in [2.05, 4.69) is 32.6 Å². The van der Waals surface area contributed by atoms with Crippen molar-refractivity contribution >= 4 is 0 Å². The Morgan fingerprint density at radius 2 is 1.94 bits per heavy atom. The van der Waals surface area contributed by atoms with Crippen molar-refractivity contribution in [1.82, 2.24) is 4.90 Å². The molecule has 1 rings (SSSR count). The molecule has 1 aliphatic rings. The molecule has 0 heterocycles. The van der Waals surface area contributed by atoms with Crippen LogP contribution in [0, 0.1) is 5.92 Å². The zero-order chi connectivity index (χ0) is 12.2. The highest BCUT2D eigenvalue weighted by Crippen LogP contribution is 2.37. The third kappa shape index (κ3) is 3.21. The maximum absolute atomic E-state index is 6.10. The van der Waals surface area contributed by atoms with E-state index in [1.54, 1.807) is 0 Å². The van der Waals surface area contributed by atoms with Crippen molar-refractivity contribution in [2.45, 2.75) is 71.4 Å². The van der Waals surface area contributed by atoms with E-state index in [1.807, 2.05) is 0 Å². The van der Waals surface area contributed by atoms with Crippen LogP contribution < -0.4 is 5.73 Å². The molecule has 0 aromatic heterocycles. The van der Waals surface area contributed by atoms with E-state index in [1.165, 1.54) is 38.6 Å². The van der Waals surface area contributed by atoms with Crippen LogP contribution in [0.25, 0.3) is 0 Å². The molecule has 0 aromatic carbocycles. The first-order valence-corrected chi connectivity index (χ1v) is 7.06. The lowest BCUT2D eigenvalue weighted by molar-refractivity contribution is 0.0589. The van der Waals surface area contributed by atoms with E-state index >= 15 is 0 Å². The first kappa shape index (κ1) is 14.0. The van der Waals surface area contributed by atoms with Crippen LogP contribution in [-0.2, 0) is 0 Å². The summed E-state index contributed by atoms with van der Waals surface area (Å²) in [5.74, 6) is 0.745. The second-order valence-corrected chi connectivity index (χ2v) is 5.81. The third-order valence-electron chi connectivity index (χ3n) is 3.91. The van der Waals surface area contributed by atoms with Crippen LogP contribution in [0.5, 0.6) is 0 Å². The second-order valence-electron chi connectivity index (χ2n) is 5.81. The highest BCUT2D eigenvalue weighted by atomic mass is 15.3. The zero-order valence-electron chi connectivity index (χ0n) is 11.6. The summed E-state index contributed by atoms with van der Waals surface area (Å²) in [7, 11) is 0. The number of nitrogens with zero attached hydrogens (tertiary/aromatic N) is 1. The molecule has 1 atom stereocenters. The van der Waals surface area contributed by atoms with Gasteiger partial charge in [0.25, 0.3) is 0 Å². The molecule has 0 spiro atoms. The summed E-state index contributed by atoms with van der Waals surface area (Å²) in [6, 6.07) is 0.831. The molecule has 2 nitrogen and oxygen atoms in total. The molecular weight excluding hydrogens is 196 g/mol. The van der Waals surface area contributed by atoms with Crippen LogP contribution >= 0.6 is 0 Å². The Morgan fingerprint density at radius 3 is 2.25 bits per heavy atom. The van der Waals surface area contributed by atoms with Crippen LogP contribution in [-0.4, -0.2) is 29.6 Å². The van der Waals surface area contributed by atoms with Gasteiger partial charge in [0.05, 0.1) is 0 Å². The summed E-state index contributed by atoms with van der Waals surface area (Å²) in [6.45, 7) is 11.3. The first-order valence-electron chi connectivity index (χ1n) is 7.06. The summed E-state index contributed by atoms with van der Waals surface area (Å²) in [5, 5.41) is 0. The maximum Gasteiger partial charge on any atom is 0.0332 e. The molecule has 1 fully saturated rings. The molecule has 1 aliphatic carbocycles. The van der Waals surface area contributed by atoms with Crippen molar-refractivity contribution in [3.05, 3.63) is 0 Å². The Bertz CT molecular complexity index is 193. The molecule has 0 aromatic rings. The molecule has 16 heavy (non-hydrogen) atoms. The fourth-order valence-electron chi connectivity index (χ4n) is 2.86. The second kappa shape index (κ2) is 6.02. The predicted molar refractivity (Wildman–Crippen MR) is 71.6 cm³/mol. The fraction of sp³-hybridized carbons (Fsp3) is 1.00. The fourth-order valence-corrected chi connectivity index (χ4v) is 2.86. The Kier molecular flexibility index (Phi) is 5.26. The lowest BCUT2D eigenvalue weighted by atomic mass is 9.87. The Morgan fingerprint density at radius 1 is 1.31 bits per heavy atom. The first-order chi connectivity index (χ1) is 7.59. The molecule has 1 saturated carbocycles. The van der Waals surface area contributed by atoms with Crippen molar-refractivity contribution in [2.24, 2.45) is 11.7 Å². The van der Waals surface area contributed by atoms with Gasteiger partial charge in [0, 0.05) is 24.7 Å². The van der Waals surface area contributed by atoms with E-state index in [0.717, 1.165) is 18.5 Å². The minimum atomic E-state index is 0.278. The molecule has 96 valence electrons. The molecule has 2 heteroatoms. The molecular formula is C14H30N2. The smallest absolute Gasteiger partial charge is 0.0332 e. The van der Waals surface area contributed by atoms with Gasteiger partial charge < -0.3 is 5.73 Å². The Balaban J connectivity index is 2.76. The van der Waals surface area contributed by atoms with Crippen molar-refractivity contribution in [3.63, 3.8) is 0 Å². The molecule has 1 unspecified atom stereocenters. The van der Waals surface area contributed by atoms with Gasteiger partial charge in [-0.25, -0.2) is 0 Å². The third-order valence-corrected chi connectivity index (χ3v) is 3.91. The monoisotopic (exact) mass is 226 g/mol. The van der Waals surface area contributed by atoms with E-state index < -0.39 is 0 Å². The van der Waals surface area contributed by atoms with Gasteiger partial charge in [0.1, 0.15) is 0 Å². The number of nitrogens with two attached hydrogens (primary N) is 1. The number of rotatable bonds is 8. The quantitative estimate of drug-likeness (QED) is 0.689. The van der Waals surface area contributed by atoms with Gasteiger partial charge in [-0.05, 0) is 31.6 Å². The highest BCUT2D eigenvalue weighted by Gasteiger charge is 2.41. The molecule has 2 N–H and O–H groups in total. The standard InChI is InChI=1S/C14H30N2/c1-5-9-14(6-2,11-15)16(10-12(3)4)13-7-8-13/h12-13H,5-11,15H2,1-4H3. The van der Waals surface area contributed by atoms with Crippen molar-refractivity contribution in [2.75, 3.05) is 13.1 Å². The van der Waals surface area contributed by atoms with E-state index in [4.69, 9.17) is 5.73 Å². The zero-order valence-corrected chi connectivity index (χ0v) is 11.6. The Hall–Kier alpha value is -0.0800. The van der Waals surface area contributed by atoms with E-state index in [-0.39, 0.29) is 5.54 Å².